The maximum atomic E-state index is 11.6. The molecule has 0 saturated heterocycles. The summed E-state index contributed by atoms with van der Waals surface area (Å²) in [5.74, 6) is 0. The number of amides is 2. The van der Waals surface area contributed by atoms with Gasteiger partial charge in [-0.25, -0.2) is 4.79 Å². The summed E-state index contributed by atoms with van der Waals surface area (Å²) in [7, 11) is 0. The first-order chi connectivity index (χ1) is 4.67. The van der Waals surface area contributed by atoms with Gasteiger partial charge < -0.3 is 5.73 Å². The van der Waals surface area contributed by atoms with Crippen molar-refractivity contribution in [3.8, 4) is 0 Å². The van der Waals surface area contributed by atoms with E-state index in [4.69, 9.17) is 0 Å². The van der Waals surface area contributed by atoms with Gasteiger partial charge in [0, 0.05) is 0 Å². The third-order valence-corrected chi connectivity index (χ3v) is 0.592. The van der Waals surface area contributed by atoms with Crippen LogP contribution in [-0.2, 0) is 0 Å². The van der Waals surface area contributed by atoms with E-state index in [1.165, 1.54) is 5.32 Å². The molecule has 0 fully saturated rings. The van der Waals surface area contributed by atoms with E-state index in [1.807, 2.05) is 0 Å². The zero-order valence-corrected chi connectivity index (χ0v) is 4.82. The number of carbonyl (C=O) groups excluding carboxylic acids is 1. The van der Waals surface area contributed by atoms with Crippen molar-refractivity contribution in [2.75, 3.05) is 0 Å². The molecule has 2 N–H and O–H groups in total. The van der Waals surface area contributed by atoms with Crippen molar-refractivity contribution in [2.45, 2.75) is 12.2 Å². The lowest BCUT2D eigenvalue weighted by atomic mass is 10.5. The maximum Gasteiger partial charge on any atom is 0.477 e. The van der Waals surface area contributed by atoms with Crippen LogP contribution in [-0.4, -0.2) is 18.3 Å². The summed E-state index contributed by atoms with van der Waals surface area (Å²) < 4.78 is 56.6. The van der Waals surface area contributed by atoms with Crippen LogP contribution in [0.1, 0.15) is 0 Å². The average Bonchev–Trinajstić information content (AvgIpc) is 1.56. The fourth-order valence-electron chi connectivity index (χ4n) is 0.202. The average molecular weight is 177 g/mol. The minimum Gasteiger partial charge on any atom is -0.350 e. The molecule has 0 bridgehead atoms. The summed E-state index contributed by atoms with van der Waals surface area (Å²) in [6.45, 7) is 0. The second kappa shape index (κ2) is 2.51. The fraction of sp³-hybridized carbons (Fsp3) is 0.667. The van der Waals surface area contributed by atoms with E-state index in [1.54, 1.807) is 0 Å². The summed E-state index contributed by atoms with van der Waals surface area (Å²) >= 11 is 0. The molecule has 0 aliphatic rings. The van der Waals surface area contributed by atoms with E-state index in [-0.39, 0.29) is 0 Å². The summed E-state index contributed by atoms with van der Waals surface area (Å²) in [4.78, 5) is 9.54. The van der Waals surface area contributed by atoms with E-state index in [9.17, 15) is 26.7 Å². The van der Waals surface area contributed by atoms with E-state index in [0.717, 1.165) is 0 Å². The molecule has 0 aliphatic heterocycles. The second-order valence-electron chi connectivity index (χ2n) is 1.49. The van der Waals surface area contributed by atoms with Gasteiger partial charge in [-0.15, -0.1) is 0 Å². The van der Waals surface area contributed by atoms with Gasteiger partial charge in [0.05, 0.1) is 0 Å². The van der Waals surface area contributed by atoms with E-state index >= 15 is 0 Å². The monoisotopic (exact) mass is 177 g/mol. The zero-order chi connectivity index (χ0) is 9.28. The Kier molecular flexibility index (Phi) is 2.27. The lowest BCUT2D eigenvalue weighted by Crippen LogP contribution is -2.48. The number of hydrogen-bond acceptors (Lipinski definition) is 1. The topological polar surface area (TPSA) is 57.2 Å². The molecule has 0 aliphatic carbocycles. The van der Waals surface area contributed by atoms with Gasteiger partial charge in [-0.1, -0.05) is 0 Å². The minimum atomic E-state index is -5.87. The van der Waals surface area contributed by atoms with Gasteiger partial charge in [0.15, 0.2) is 0 Å². The van der Waals surface area contributed by atoms with Crippen LogP contribution in [0.25, 0.3) is 0 Å². The molecule has 0 spiro atoms. The van der Waals surface area contributed by atoms with E-state index in [2.05, 4.69) is 5.73 Å². The molecule has 8 heteroatoms. The van der Waals surface area contributed by atoms with Crippen molar-refractivity contribution in [2.24, 2.45) is 5.73 Å². The standard InChI is InChI=1S/C3H2F5N2O/c4-2(5,6)3(7,8)10-1(9)11/h(H2,9,11). The summed E-state index contributed by atoms with van der Waals surface area (Å²) in [6, 6.07) is -7.45. The Labute approximate surface area is 57.3 Å². The van der Waals surface area contributed by atoms with Crippen LogP contribution in [0.3, 0.4) is 0 Å². The normalized spacial score (nSPS) is 12.8. The lowest BCUT2D eigenvalue weighted by molar-refractivity contribution is -0.291. The first-order valence-electron chi connectivity index (χ1n) is 2.13. The number of primary amides is 1. The van der Waals surface area contributed by atoms with Crippen LogP contribution in [0.2, 0.25) is 0 Å². The van der Waals surface area contributed by atoms with Crippen molar-refractivity contribution in [3.63, 3.8) is 0 Å². The van der Waals surface area contributed by atoms with E-state index in [0.29, 0.717) is 0 Å². The molecule has 0 aromatic heterocycles. The predicted octanol–water partition coefficient (Wildman–Crippen LogP) is 0.825. The van der Waals surface area contributed by atoms with Crippen molar-refractivity contribution in [3.05, 3.63) is 0 Å². The number of urea groups is 1. The SMILES string of the molecule is NC(=O)[N]C(F)(F)C(F)(F)F. The molecule has 0 aromatic rings. The third kappa shape index (κ3) is 2.56. The molecule has 65 valence electrons. The van der Waals surface area contributed by atoms with Gasteiger partial charge in [-0.3, -0.25) is 0 Å². The quantitative estimate of drug-likeness (QED) is 0.467. The second-order valence-corrected chi connectivity index (χ2v) is 1.49. The maximum absolute atomic E-state index is 11.6. The Morgan fingerprint density at radius 1 is 1.18 bits per heavy atom. The molecule has 0 rings (SSSR count). The molecule has 0 saturated carbocycles. The molecule has 3 nitrogen and oxygen atoms in total. The van der Waals surface area contributed by atoms with Gasteiger partial charge in [-0.2, -0.15) is 27.3 Å². The summed E-state index contributed by atoms with van der Waals surface area (Å²) in [6.07, 6.45) is -5.87. The van der Waals surface area contributed by atoms with Gasteiger partial charge >= 0.3 is 18.3 Å². The third-order valence-electron chi connectivity index (χ3n) is 0.592. The predicted molar refractivity (Wildman–Crippen MR) is 22.7 cm³/mol. The highest BCUT2D eigenvalue weighted by atomic mass is 19.4. The van der Waals surface area contributed by atoms with Crippen LogP contribution < -0.4 is 11.1 Å². The summed E-state index contributed by atoms with van der Waals surface area (Å²) in [5.41, 5.74) is 3.99. The molecule has 0 atom stereocenters. The van der Waals surface area contributed by atoms with Gasteiger partial charge in [0.25, 0.3) is 0 Å². The van der Waals surface area contributed by atoms with Crippen molar-refractivity contribution in [1.29, 1.82) is 0 Å². The van der Waals surface area contributed by atoms with Crippen LogP contribution in [0, 0.1) is 0 Å². The number of alkyl halides is 5. The fourth-order valence-corrected chi connectivity index (χ4v) is 0.202. The number of carbonyl (C=O) groups is 1. The zero-order valence-electron chi connectivity index (χ0n) is 4.82. The Morgan fingerprint density at radius 3 is 1.64 bits per heavy atom. The van der Waals surface area contributed by atoms with Crippen LogP contribution >= 0.6 is 0 Å². The van der Waals surface area contributed by atoms with E-state index < -0.39 is 18.3 Å². The molecule has 0 unspecified atom stereocenters. The Balaban J connectivity index is 4.34. The van der Waals surface area contributed by atoms with Crippen LogP contribution in [0.4, 0.5) is 26.7 Å². The number of halogens is 5. The molecular formula is C3H2F5N2O. The first-order valence-corrected chi connectivity index (χ1v) is 2.13. The van der Waals surface area contributed by atoms with Gasteiger partial charge in [-0.05, 0) is 0 Å². The van der Waals surface area contributed by atoms with Crippen molar-refractivity contribution in [1.82, 2.24) is 5.32 Å². The molecular weight excluding hydrogens is 175 g/mol. The van der Waals surface area contributed by atoms with Gasteiger partial charge in [0.2, 0.25) is 0 Å². The minimum absolute atomic E-state index is 1.36. The molecule has 0 aromatic carbocycles. The molecule has 1 radical (unpaired) electrons. The first kappa shape index (κ1) is 9.92. The van der Waals surface area contributed by atoms with Crippen molar-refractivity contribution < 1.29 is 26.7 Å². The highest BCUT2D eigenvalue weighted by Gasteiger charge is 2.60. The lowest BCUT2D eigenvalue weighted by Gasteiger charge is -2.16. The highest BCUT2D eigenvalue weighted by Crippen LogP contribution is 2.33. The summed E-state index contributed by atoms with van der Waals surface area (Å²) in [5, 5.41) is 1.36. The number of nitrogens with two attached hydrogens (primary N) is 1. The Morgan fingerprint density at radius 2 is 1.55 bits per heavy atom. The van der Waals surface area contributed by atoms with Crippen LogP contribution in [0.15, 0.2) is 0 Å². The molecule has 2 amide bonds. The largest absolute Gasteiger partial charge is 0.477 e. The number of hydrogen-bond donors (Lipinski definition) is 1. The number of nitrogens with zero attached hydrogens (tertiary/aromatic N) is 1. The van der Waals surface area contributed by atoms with Crippen molar-refractivity contribution >= 4 is 6.03 Å². The molecule has 0 heterocycles. The Bertz CT molecular complexity index is 164. The molecule has 11 heavy (non-hydrogen) atoms. The van der Waals surface area contributed by atoms with Crippen LogP contribution in [0.5, 0.6) is 0 Å². The smallest absolute Gasteiger partial charge is 0.350 e. The Hall–Kier alpha value is -1.08. The van der Waals surface area contributed by atoms with Gasteiger partial charge in [0.1, 0.15) is 0 Å². The highest BCUT2D eigenvalue weighted by molar-refractivity contribution is 5.71. The number of rotatable bonds is 1.